The van der Waals surface area contributed by atoms with Gasteiger partial charge in [-0.1, -0.05) is 19.9 Å². The molecule has 0 fully saturated rings. The van der Waals surface area contributed by atoms with Crippen molar-refractivity contribution in [3.8, 4) is 0 Å². The molecule has 0 aliphatic rings. The molecule has 0 atom stereocenters. The summed E-state index contributed by atoms with van der Waals surface area (Å²) in [5, 5.41) is 2.71. The Kier molecular flexibility index (Phi) is 7.68. The second-order valence-corrected chi connectivity index (χ2v) is 6.22. The van der Waals surface area contributed by atoms with Gasteiger partial charge in [-0.25, -0.2) is 9.78 Å². The number of ether oxygens (including phenoxy) is 1. The molecule has 0 aliphatic heterocycles. The van der Waals surface area contributed by atoms with Gasteiger partial charge in [-0.3, -0.25) is 9.59 Å². The van der Waals surface area contributed by atoms with E-state index < -0.39 is 11.9 Å². The quantitative estimate of drug-likeness (QED) is 0.706. The number of nitrogens with one attached hydrogen (secondary N) is 1. The SMILES string of the molecule is CCCN(CCC)C(=O)c1cccc(C(=O)Nc2ccc(C(=O)OC)cc2)n1. The van der Waals surface area contributed by atoms with E-state index in [9.17, 15) is 14.4 Å². The molecule has 0 spiro atoms. The largest absolute Gasteiger partial charge is 0.465 e. The van der Waals surface area contributed by atoms with Gasteiger partial charge in [0.25, 0.3) is 11.8 Å². The Morgan fingerprint density at radius 2 is 1.57 bits per heavy atom. The minimum absolute atomic E-state index is 0.149. The lowest BCUT2D eigenvalue weighted by Gasteiger charge is -2.21. The third-order valence-electron chi connectivity index (χ3n) is 4.04. The predicted octanol–water partition coefficient (Wildman–Crippen LogP) is 3.38. The van der Waals surface area contributed by atoms with E-state index in [1.165, 1.54) is 7.11 Å². The van der Waals surface area contributed by atoms with Gasteiger partial charge in [-0.05, 0) is 49.2 Å². The Hall–Kier alpha value is -3.22. The van der Waals surface area contributed by atoms with Gasteiger partial charge in [0.1, 0.15) is 11.4 Å². The molecule has 2 rings (SSSR count). The molecule has 1 N–H and O–H groups in total. The Bertz CT molecular complexity index is 828. The number of carbonyl (C=O) groups is 3. The number of hydrogen-bond acceptors (Lipinski definition) is 5. The summed E-state index contributed by atoms with van der Waals surface area (Å²) in [6.07, 6.45) is 1.71. The number of benzene rings is 1. The lowest BCUT2D eigenvalue weighted by Crippen LogP contribution is -2.33. The molecule has 0 radical (unpaired) electrons. The molecular weight excluding hydrogens is 358 g/mol. The first-order chi connectivity index (χ1) is 13.5. The summed E-state index contributed by atoms with van der Waals surface area (Å²) in [5.74, 6) is -1.06. The van der Waals surface area contributed by atoms with E-state index in [-0.39, 0.29) is 17.3 Å². The van der Waals surface area contributed by atoms with Gasteiger partial charge in [0, 0.05) is 18.8 Å². The number of amides is 2. The minimum Gasteiger partial charge on any atom is -0.465 e. The molecule has 0 aliphatic carbocycles. The van der Waals surface area contributed by atoms with E-state index in [2.05, 4.69) is 15.0 Å². The van der Waals surface area contributed by atoms with Crippen molar-refractivity contribution in [2.24, 2.45) is 0 Å². The van der Waals surface area contributed by atoms with E-state index in [1.54, 1.807) is 47.4 Å². The van der Waals surface area contributed by atoms with Crippen LogP contribution in [0.4, 0.5) is 5.69 Å². The van der Waals surface area contributed by atoms with Crippen LogP contribution < -0.4 is 5.32 Å². The number of rotatable bonds is 8. The van der Waals surface area contributed by atoms with Crippen molar-refractivity contribution in [3.05, 3.63) is 59.4 Å². The summed E-state index contributed by atoms with van der Waals surface area (Å²) >= 11 is 0. The first-order valence-corrected chi connectivity index (χ1v) is 9.26. The number of esters is 1. The monoisotopic (exact) mass is 383 g/mol. The Balaban J connectivity index is 2.13. The van der Waals surface area contributed by atoms with E-state index in [0.29, 0.717) is 24.3 Å². The maximum atomic E-state index is 12.7. The van der Waals surface area contributed by atoms with E-state index in [4.69, 9.17) is 0 Å². The van der Waals surface area contributed by atoms with Crippen molar-refractivity contribution in [1.29, 1.82) is 0 Å². The number of aromatic nitrogens is 1. The number of anilines is 1. The molecule has 7 heteroatoms. The van der Waals surface area contributed by atoms with E-state index in [1.807, 2.05) is 13.8 Å². The highest BCUT2D eigenvalue weighted by Gasteiger charge is 2.18. The summed E-state index contributed by atoms with van der Waals surface area (Å²) in [5.41, 5.74) is 1.29. The average molecular weight is 383 g/mol. The van der Waals surface area contributed by atoms with Crippen LogP contribution in [0.25, 0.3) is 0 Å². The van der Waals surface area contributed by atoms with Gasteiger partial charge in [0.2, 0.25) is 0 Å². The molecule has 0 unspecified atom stereocenters. The van der Waals surface area contributed by atoms with Crippen LogP contribution in [0.5, 0.6) is 0 Å². The minimum atomic E-state index is -0.450. The van der Waals surface area contributed by atoms with Crippen molar-refractivity contribution in [3.63, 3.8) is 0 Å². The van der Waals surface area contributed by atoms with Crippen molar-refractivity contribution >= 4 is 23.5 Å². The maximum absolute atomic E-state index is 12.7. The van der Waals surface area contributed by atoms with Crippen LogP contribution >= 0.6 is 0 Å². The number of methoxy groups -OCH3 is 1. The highest BCUT2D eigenvalue weighted by atomic mass is 16.5. The number of carbonyl (C=O) groups excluding carboxylic acids is 3. The summed E-state index contributed by atoms with van der Waals surface area (Å²) in [6.45, 7) is 5.33. The van der Waals surface area contributed by atoms with Gasteiger partial charge in [0.15, 0.2) is 0 Å². The first kappa shape index (κ1) is 21.1. The van der Waals surface area contributed by atoms with Gasteiger partial charge < -0.3 is 15.0 Å². The molecule has 2 amide bonds. The van der Waals surface area contributed by atoms with Crippen LogP contribution in [0.15, 0.2) is 42.5 Å². The van der Waals surface area contributed by atoms with Gasteiger partial charge in [-0.15, -0.1) is 0 Å². The molecule has 0 saturated heterocycles. The zero-order chi connectivity index (χ0) is 20.5. The molecule has 2 aromatic rings. The number of pyridine rings is 1. The van der Waals surface area contributed by atoms with Crippen LogP contribution in [0, 0.1) is 0 Å². The first-order valence-electron chi connectivity index (χ1n) is 9.26. The van der Waals surface area contributed by atoms with Crippen LogP contribution in [0.3, 0.4) is 0 Å². The molecule has 1 aromatic heterocycles. The predicted molar refractivity (Wildman–Crippen MR) is 106 cm³/mol. The smallest absolute Gasteiger partial charge is 0.337 e. The summed E-state index contributed by atoms with van der Waals surface area (Å²) < 4.78 is 4.64. The average Bonchev–Trinajstić information content (AvgIpc) is 2.73. The molecule has 28 heavy (non-hydrogen) atoms. The van der Waals surface area contributed by atoms with Gasteiger partial charge in [0.05, 0.1) is 12.7 Å². The molecular formula is C21H25N3O4. The Morgan fingerprint density at radius 3 is 2.14 bits per heavy atom. The normalized spacial score (nSPS) is 10.2. The molecule has 148 valence electrons. The summed E-state index contributed by atoms with van der Waals surface area (Å²) in [6, 6.07) is 11.1. The molecule has 0 saturated carbocycles. The Labute approximate surface area is 164 Å². The van der Waals surface area contributed by atoms with Crippen molar-refractivity contribution in [2.45, 2.75) is 26.7 Å². The molecule has 0 bridgehead atoms. The third-order valence-corrected chi connectivity index (χ3v) is 4.04. The van der Waals surface area contributed by atoms with Crippen molar-refractivity contribution in [1.82, 2.24) is 9.88 Å². The third kappa shape index (κ3) is 5.39. The number of hydrogen-bond donors (Lipinski definition) is 1. The fraction of sp³-hybridized carbons (Fsp3) is 0.333. The maximum Gasteiger partial charge on any atom is 0.337 e. The van der Waals surface area contributed by atoms with Gasteiger partial charge >= 0.3 is 5.97 Å². The van der Waals surface area contributed by atoms with E-state index in [0.717, 1.165) is 12.8 Å². The second kappa shape index (κ2) is 10.2. The summed E-state index contributed by atoms with van der Waals surface area (Å²) in [4.78, 5) is 42.6. The highest BCUT2D eigenvalue weighted by molar-refractivity contribution is 6.04. The number of nitrogens with zero attached hydrogens (tertiary/aromatic N) is 2. The van der Waals surface area contributed by atoms with Crippen LogP contribution in [-0.2, 0) is 4.74 Å². The summed E-state index contributed by atoms with van der Waals surface area (Å²) in [7, 11) is 1.31. The lowest BCUT2D eigenvalue weighted by molar-refractivity contribution is 0.0600. The molecule has 1 heterocycles. The van der Waals surface area contributed by atoms with Crippen LogP contribution in [-0.4, -0.2) is 47.9 Å². The molecule has 1 aromatic carbocycles. The Morgan fingerprint density at radius 1 is 0.964 bits per heavy atom. The fourth-order valence-electron chi connectivity index (χ4n) is 2.70. The zero-order valence-electron chi connectivity index (χ0n) is 16.4. The zero-order valence-corrected chi connectivity index (χ0v) is 16.4. The van der Waals surface area contributed by atoms with Crippen molar-refractivity contribution < 1.29 is 19.1 Å². The topological polar surface area (TPSA) is 88.6 Å². The second-order valence-electron chi connectivity index (χ2n) is 6.22. The lowest BCUT2D eigenvalue weighted by atomic mass is 10.2. The van der Waals surface area contributed by atoms with E-state index >= 15 is 0 Å². The van der Waals surface area contributed by atoms with Crippen molar-refractivity contribution in [2.75, 3.05) is 25.5 Å². The van der Waals surface area contributed by atoms with Crippen LogP contribution in [0.1, 0.15) is 58.0 Å². The van der Waals surface area contributed by atoms with Gasteiger partial charge in [-0.2, -0.15) is 0 Å². The van der Waals surface area contributed by atoms with Crippen LogP contribution in [0.2, 0.25) is 0 Å². The highest BCUT2D eigenvalue weighted by Crippen LogP contribution is 2.12. The standard InChI is InChI=1S/C21H25N3O4/c1-4-13-24(14-5-2)20(26)18-8-6-7-17(23-18)19(25)22-16-11-9-15(10-12-16)21(27)28-3/h6-12H,4-5,13-14H2,1-3H3,(H,22,25). The fourth-order valence-corrected chi connectivity index (χ4v) is 2.70. The molecule has 7 nitrogen and oxygen atoms in total.